The molecular weight excluding hydrogens is 218 g/mol. The first-order chi connectivity index (χ1) is 8.33. The Kier molecular flexibility index (Phi) is 2.29. The van der Waals surface area contributed by atoms with Crippen LogP contribution in [0.2, 0.25) is 0 Å². The van der Waals surface area contributed by atoms with Crippen molar-refractivity contribution in [3.05, 3.63) is 42.1 Å². The molecule has 1 fully saturated rings. The third-order valence-electron chi connectivity index (χ3n) is 2.72. The summed E-state index contributed by atoms with van der Waals surface area (Å²) in [5.74, 6) is 0. The van der Waals surface area contributed by atoms with E-state index in [9.17, 15) is 4.79 Å². The molecule has 1 unspecified atom stereocenters. The number of aromatic nitrogens is 2. The number of carbonyl (C=O) groups is 1. The quantitative estimate of drug-likeness (QED) is 0.825. The van der Waals surface area contributed by atoms with Gasteiger partial charge in [-0.1, -0.05) is 30.3 Å². The van der Waals surface area contributed by atoms with Crippen LogP contribution in [0.15, 0.2) is 36.4 Å². The Labute approximate surface area is 97.8 Å². The molecule has 1 amide bonds. The normalized spacial score (nSPS) is 18.8. The van der Waals surface area contributed by atoms with Gasteiger partial charge in [0, 0.05) is 5.56 Å². The lowest BCUT2D eigenvalue weighted by Gasteiger charge is -2.01. The second-order valence-electron chi connectivity index (χ2n) is 3.87. The molecule has 1 aromatic heterocycles. The average Bonchev–Trinajstić information content (AvgIpc) is 2.98. The molecule has 0 bridgehead atoms. The van der Waals surface area contributed by atoms with Gasteiger partial charge in [-0.3, -0.25) is 5.10 Å². The van der Waals surface area contributed by atoms with Crippen molar-refractivity contribution in [1.82, 2.24) is 15.5 Å². The largest absolute Gasteiger partial charge is 0.447 e. The van der Waals surface area contributed by atoms with Crippen LogP contribution in [0.25, 0.3) is 11.3 Å². The molecule has 1 aliphatic heterocycles. The summed E-state index contributed by atoms with van der Waals surface area (Å²) in [7, 11) is 0. The van der Waals surface area contributed by atoms with E-state index in [0.717, 1.165) is 17.0 Å². The molecule has 5 heteroatoms. The number of hydrogen-bond acceptors (Lipinski definition) is 3. The monoisotopic (exact) mass is 229 g/mol. The van der Waals surface area contributed by atoms with E-state index in [0.29, 0.717) is 6.61 Å². The number of benzene rings is 1. The summed E-state index contributed by atoms with van der Waals surface area (Å²) in [5, 5.41) is 9.85. The van der Waals surface area contributed by atoms with Gasteiger partial charge in [0.2, 0.25) is 0 Å². The second kappa shape index (κ2) is 3.93. The molecule has 0 spiro atoms. The Bertz CT molecular complexity index is 536. The van der Waals surface area contributed by atoms with Crippen molar-refractivity contribution in [3.8, 4) is 11.3 Å². The van der Waals surface area contributed by atoms with E-state index in [1.165, 1.54) is 0 Å². The number of nitrogens with one attached hydrogen (secondary N) is 2. The first kappa shape index (κ1) is 9.89. The van der Waals surface area contributed by atoms with Gasteiger partial charge in [-0.05, 0) is 6.07 Å². The van der Waals surface area contributed by atoms with Gasteiger partial charge in [-0.25, -0.2) is 4.79 Å². The standard InChI is InChI=1S/C12H11N3O2/c16-12-13-11(7-17-12)10-6-9(14-15-10)8-4-2-1-3-5-8/h1-6,11H,7H2,(H,13,16)(H,14,15). The van der Waals surface area contributed by atoms with Crippen LogP contribution in [-0.2, 0) is 4.74 Å². The van der Waals surface area contributed by atoms with Crippen LogP contribution in [0.1, 0.15) is 11.7 Å². The summed E-state index contributed by atoms with van der Waals surface area (Å²) in [6.07, 6.45) is -0.383. The van der Waals surface area contributed by atoms with Crippen molar-refractivity contribution < 1.29 is 9.53 Å². The molecule has 1 atom stereocenters. The minimum absolute atomic E-state index is 0.132. The Morgan fingerprint density at radius 3 is 2.82 bits per heavy atom. The second-order valence-corrected chi connectivity index (χ2v) is 3.87. The van der Waals surface area contributed by atoms with Crippen molar-refractivity contribution in [3.63, 3.8) is 0 Å². The van der Waals surface area contributed by atoms with Crippen molar-refractivity contribution in [2.45, 2.75) is 6.04 Å². The average molecular weight is 229 g/mol. The van der Waals surface area contributed by atoms with Crippen LogP contribution >= 0.6 is 0 Å². The highest BCUT2D eigenvalue weighted by Gasteiger charge is 2.25. The van der Waals surface area contributed by atoms with E-state index >= 15 is 0 Å². The maximum absolute atomic E-state index is 10.9. The van der Waals surface area contributed by atoms with Crippen molar-refractivity contribution >= 4 is 6.09 Å². The molecule has 5 nitrogen and oxygen atoms in total. The number of rotatable bonds is 2. The number of H-pyrrole nitrogens is 1. The van der Waals surface area contributed by atoms with Crippen LogP contribution in [0.5, 0.6) is 0 Å². The minimum Gasteiger partial charge on any atom is -0.447 e. The number of aromatic amines is 1. The fourth-order valence-corrected chi connectivity index (χ4v) is 1.82. The van der Waals surface area contributed by atoms with E-state index in [4.69, 9.17) is 4.74 Å². The van der Waals surface area contributed by atoms with E-state index in [1.807, 2.05) is 36.4 Å². The lowest BCUT2D eigenvalue weighted by atomic mass is 10.1. The first-order valence-corrected chi connectivity index (χ1v) is 5.37. The van der Waals surface area contributed by atoms with Crippen LogP contribution in [-0.4, -0.2) is 22.9 Å². The summed E-state index contributed by atoms with van der Waals surface area (Å²) in [4.78, 5) is 10.9. The predicted molar refractivity (Wildman–Crippen MR) is 61.2 cm³/mol. The zero-order valence-corrected chi connectivity index (χ0v) is 9.01. The number of alkyl carbamates (subject to hydrolysis) is 1. The fourth-order valence-electron chi connectivity index (χ4n) is 1.82. The SMILES string of the molecule is O=C1NC(c2cc(-c3ccccc3)n[nH]2)CO1. The number of nitrogens with zero attached hydrogens (tertiary/aromatic N) is 1. The maximum atomic E-state index is 10.9. The molecule has 1 saturated heterocycles. The summed E-state index contributed by atoms with van der Waals surface area (Å²) in [6, 6.07) is 11.7. The third-order valence-corrected chi connectivity index (χ3v) is 2.72. The Morgan fingerprint density at radius 2 is 2.12 bits per heavy atom. The lowest BCUT2D eigenvalue weighted by Crippen LogP contribution is -2.18. The Morgan fingerprint density at radius 1 is 1.29 bits per heavy atom. The number of hydrogen-bond donors (Lipinski definition) is 2. The molecule has 86 valence electrons. The number of carbonyl (C=O) groups excluding carboxylic acids is 1. The molecule has 0 aliphatic carbocycles. The Balaban J connectivity index is 1.86. The first-order valence-electron chi connectivity index (χ1n) is 5.37. The highest BCUT2D eigenvalue weighted by molar-refractivity contribution is 5.70. The zero-order chi connectivity index (χ0) is 11.7. The number of ether oxygens (including phenoxy) is 1. The minimum atomic E-state index is -0.383. The van der Waals surface area contributed by atoms with Gasteiger partial charge in [0.05, 0.1) is 11.4 Å². The highest BCUT2D eigenvalue weighted by atomic mass is 16.6. The molecule has 2 N–H and O–H groups in total. The molecule has 1 aromatic carbocycles. The van der Waals surface area contributed by atoms with Crippen molar-refractivity contribution in [2.24, 2.45) is 0 Å². The van der Waals surface area contributed by atoms with Crippen molar-refractivity contribution in [2.75, 3.05) is 6.61 Å². The summed E-state index contributed by atoms with van der Waals surface area (Å²) in [6.45, 7) is 0.343. The van der Waals surface area contributed by atoms with E-state index in [1.54, 1.807) is 0 Å². The summed E-state index contributed by atoms with van der Waals surface area (Å²) < 4.78 is 4.84. The fraction of sp³-hybridized carbons (Fsp3) is 0.167. The van der Waals surface area contributed by atoms with Crippen LogP contribution in [0, 0.1) is 0 Å². The van der Waals surface area contributed by atoms with Gasteiger partial charge in [0.1, 0.15) is 12.6 Å². The number of cyclic esters (lactones) is 1. The molecule has 3 rings (SSSR count). The predicted octanol–water partition coefficient (Wildman–Crippen LogP) is 1.86. The molecule has 2 aromatic rings. The van der Waals surface area contributed by atoms with Gasteiger partial charge in [-0.2, -0.15) is 5.10 Å². The van der Waals surface area contributed by atoms with E-state index < -0.39 is 0 Å². The van der Waals surface area contributed by atoms with Gasteiger partial charge >= 0.3 is 6.09 Å². The van der Waals surface area contributed by atoms with Crippen molar-refractivity contribution in [1.29, 1.82) is 0 Å². The molecule has 1 aliphatic rings. The van der Waals surface area contributed by atoms with Crippen LogP contribution in [0.3, 0.4) is 0 Å². The summed E-state index contributed by atoms with van der Waals surface area (Å²) >= 11 is 0. The molecule has 0 saturated carbocycles. The lowest BCUT2D eigenvalue weighted by molar-refractivity contribution is 0.177. The molecule has 0 radical (unpaired) electrons. The zero-order valence-electron chi connectivity index (χ0n) is 9.01. The molecule has 17 heavy (non-hydrogen) atoms. The maximum Gasteiger partial charge on any atom is 0.407 e. The van der Waals surface area contributed by atoms with Gasteiger partial charge in [0.25, 0.3) is 0 Å². The topological polar surface area (TPSA) is 67.0 Å². The van der Waals surface area contributed by atoms with E-state index in [2.05, 4.69) is 15.5 Å². The number of amides is 1. The summed E-state index contributed by atoms with van der Waals surface area (Å²) in [5.41, 5.74) is 2.76. The Hall–Kier alpha value is -2.30. The highest BCUT2D eigenvalue weighted by Crippen LogP contribution is 2.22. The van der Waals surface area contributed by atoms with E-state index in [-0.39, 0.29) is 12.1 Å². The van der Waals surface area contributed by atoms with Crippen LogP contribution in [0.4, 0.5) is 4.79 Å². The smallest absolute Gasteiger partial charge is 0.407 e. The third kappa shape index (κ3) is 1.87. The van der Waals surface area contributed by atoms with Gasteiger partial charge in [-0.15, -0.1) is 0 Å². The van der Waals surface area contributed by atoms with Gasteiger partial charge < -0.3 is 10.1 Å². The van der Waals surface area contributed by atoms with Gasteiger partial charge in [0.15, 0.2) is 0 Å². The molecular formula is C12H11N3O2. The molecule has 2 heterocycles. The van der Waals surface area contributed by atoms with Crippen LogP contribution < -0.4 is 5.32 Å².